The Kier molecular flexibility index (Phi) is 35.2. The van der Waals surface area contributed by atoms with Crippen LogP contribution in [0.15, 0.2) is 271 Å². The maximum absolute atomic E-state index is 11.7. The Morgan fingerprint density at radius 2 is 0.851 bits per heavy atom. The summed E-state index contributed by atoms with van der Waals surface area (Å²) in [5, 5.41) is 5.19. The number of nitrogens with zero attached hydrogens (tertiary/aromatic N) is 1. The molecule has 0 radical (unpaired) electrons. The van der Waals surface area contributed by atoms with Gasteiger partial charge < -0.3 is 23.5 Å². The number of aromatic nitrogens is 1. The fourth-order valence-electron chi connectivity index (χ4n) is 13.2. The van der Waals surface area contributed by atoms with E-state index in [1.165, 1.54) is 127 Å². The van der Waals surface area contributed by atoms with E-state index in [0.717, 1.165) is 89.6 Å². The third-order valence-electron chi connectivity index (χ3n) is 18.1. The predicted octanol–water partition coefficient (Wildman–Crippen LogP) is 24.4. The van der Waals surface area contributed by atoms with Crippen LogP contribution in [0.2, 0.25) is 0 Å². The third kappa shape index (κ3) is 27.7. The fourth-order valence-corrected chi connectivity index (χ4v) is 13.2. The SMILES string of the molecule is C=C(C)C(=O)OC12CC3CC(CC(C3)C1)C2.C=CC(=O)OCCCCCCCCCCCC.C=CC(=O)OCCOc1ccccc1.C=Cc1ccc(C=C)cc1.C=Cc1ccc(Cn2c3ccccc3c3ccccc32)cc1.C=Cc1ccc2ccccc2c1.C=Cc1cccc(C=C)c1. The van der Waals surface area contributed by atoms with E-state index in [-0.39, 0.29) is 24.1 Å². The maximum atomic E-state index is 11.7. The van der Waals surface area contributed by atoms with Gasteiger partial charge in [0.05, 0.1) is 6.61 Å². The number of benzene rings is 8. The van der Waals surface area contributed by atoms with Crippen LogP contribution in [0.25, 0.3) is 69.0 Å². The summed E-state index contributed by atoms with van der Waals surface area (Å²) in [6.07, 6.45) is 33.8. The zero-order valence-electron chi connectivity index (χ0n) is 60.1. The number of hydrogen-bond acceptors (Lipinski definition) is 7. The molecule has 4 fully saturated rings. The van der Waals surface area contributed by atoms with Crippen LogP contribution in [0, 0.1) is 17.8 Å². The van der Waals surface area contributed by atoms with Crippen molar-refractivity contribution in [1.82, 2.24) is 4.57 Å². The van der Waals surface area contributed by atoms with Crippen LogP contribution in [0.5, 0.6) is 5.75 Å². The van der Waals surface area contributed by atoms with Crippen molar-refractivity contribution >= 4 is 86.9 Å². The van der Waals surface area contributed by atoms with E-state index >= 15 is 0 Å². The summed E-state index contributed by atoms with van der Waals surface area (Å²) >= 11 is 0. The molecule has 8 heteroatoms. The van der Waals surface area contributed by atoms with Gasteiger partial charge in [0.2, 0.25) is 0 Å². The van der Waals surface area contributed by atoms with Crippen LogP contribution in [-0.2, 0) is 35.1 Å². The average Bonchev–Trinajstić information content (AvgIpc) is 1.60. The summed E-state index contributed by atoms with van der Waals surface area (Å²) in [5.41, 5.74) is 11.2. The van der Waals surface area contributed by atoms with Gasteiger partial charge in [0.15, 0.2) is 0 Å². The number of hydrogen-bond donors (Lipinski definition) is 0. The molecule has 0 aliphatic heterocycles. The smallest absolute Gasteiger partial charge is 0.333 e. The Hall–Kier alpha value is -10.3. The lowest BCUT2D eigenvalue weighted by molar-refractivity contribution is -0.182. The van der Waals surface area contributed by atoms with Crippen LogP contribution in [-0.4, -0.2) is 47.9 Å². The molecular weight excluding hydrogens is 1240 g/mol. The van der Waals surface area contributed by atoms with Gasteiger partial charge in [0.1, 0.15) is 24.6 Å². The normalized spacial score (nSPS) is 15.4. The molecule has 0 saturated heterocycles. The largest absolute Gasteiger partial charge is 0.490 e. The van der Waals surface area contributed by atoms with Gasteiger partial charge in [0.25, 0.3) is 0 Å². The zero-order chi connectivity index (χ0) is 72.5. The molecule has 1 heterocycles. The lowest BCUT2D eigenvalue weighted by atomic mass is 9.54. The molecule has 4 aliphatic rings. The van der Waals surface area contributed by atoms with Crippen molar-refractivity contribution in [3.05, 3.63) is 310 Å². The molecule has 4 aliphatic carbocycles. The Morgan fingerprint density at radius 1 is 0.436 bits per heavy atom. The van der Waals surface area contributed by atoms with E-state index in [9.17, 15) is 14.4 Å². The van der Waals surface area contributed by atoms with Crippen molar-refractivity contribution < 1.29 is 33.3 Å². The molecule has 9 aromatic rings. The lowest BCUT2D eigenvalue weighted by Crippen LogP contribution is -2.52. The maximum Gasteiger partial charge on any atom is 0.333 e. The highest BCUT2D eigenvalue weighted by Gasteiger charge is 2.53. The minimum Gasteiger partial charge on any atom is -0.490 e. The average molecular weight is 1350 g/mol. The molecule has 101 heavy (non-hydrogen) atoms. The van der Waals surface area contributed by atoms with Crippen molar-refractivity contribution in [1.29, 1.82) is 0 Å². The van der Waals surface area contributed by atoms with Crippen LogP contribution >= 0.6 is 0 Å². The van der Waals surface area contributed by atoms with E-state index < -0.39 is 5.97 Å². The topological polar surface area (TPSA) is 93.1 Å². The molecule has 0 N–H and O–H groups in total. The number of esters is 3. The monoisotopic (exact) mass is 1350 g/mol. The molecule has 526 valence electrons. The quantitative estimate of drug-likeness (QED) is 0.0219. The lowest BCUT2D eigenvalue weighted by Gasteiger charge is -2.55. The summed E-state index contributed by atoms with van der Waals surface area (Å²) < 4.78 is 23.1. The predicted molar refractivity (Wildman–Crippen MR) is 430 cm³/mol. The van der Waals surface area contributed by atoms with E-state index in [0.29, 0.717) is 18.8 Å². The molecule has 8 nitrogen and oxygen atoms in total. The molecule has 0 amide bonds. The highest BCUT2D eigenvalue weighted by Crippen LogP contribution is 2.57. The van der Waals surface area contributed by atoms with Gasteiger partial charge in [-0.25, -0.2) is 14.4 Å². The van der Waals surface area contributed by atoms with E-state index in [1.807, 2.05) is 115 Å². The second kappa shape index (κ2) is 44.7. The molecular formula is C93H107NO7. The zero-order valence-corrected chi connectivity index (χ0v) is 60.1. The van der Waals surface area contributed by atoms with Crippen LogP contribution in [0.1, 0.15) is 156 Å². The van der Waals surface area contributed by atoms with Gasteiger partial charge in [-0.3, -0.25) is 0 Å². The molecule has 0 spiro atoms. The molecule has 13 rings (SSSR count). The van der Waals surface area contributed by atoms with Gasteiger partial charge >= 0.3 is 17.9 Å². The van der Waals surface area contributed by atoms with E-state index in [4.69, 9.17) is 18.9 Å². The van der Waals surface area contributed by atoms with Crippen LogP contribution in [0.3, 0.4) is 0 Å². The molecule has 8 aromatic carbocycles. The van der Waals surface area contributed by atoms with Gasteiger partial charge in [-0.1, -0.05) is 318 Å². The summed E-state index contributed by atoms with van der Waals surface area (Å²) in [4.78, 5) is 33.1. The fraction of sp³-hybridized carbons (Fsp3) is 0.280. The second-order valence-electron chi connectivity index (χ2n) is 25.9. The van der Waals surface area contributed by atoms with Gasteiger partial charge in [0, 0.05) is 46.1 Å². The first kappa shape index (κ1) is 79.7. The number of carbonyl (C=O) groups excluding carboxylic acids is 3. The highest BCUT2D eigenvalue weighted by molar-refractivity contribution is 6.08. The first-order valence-electron chi connectivity index (χ1n) is 35.8. The highest BCUT2D eigenvalue weighted by atomic mass is 16.6. The number of para-hydroxylation sites is 3. The van der Waals surface area contributed by atoms with E-state index in [1.54, 1.807) is 6.92 Å². The standard InChI is InChI=1S/C21H17N.C15H28O2.C14H20O2.C12H10.C11H12O3.2C10H10/c1-2-16-11-13-17(14-12-16)15-22-20-9-5-3-7-18(20)19-8-4-6-10-21(19)22;1-3-5-6-7-8-9-10-11-12-13-14-17-15(16)4-2;1-9(2)13(15)16-14-6-10-3-11(7-14)5-12(4-10)8-14;1-2-10-7-8-11-5-3-4-6-12(11)9-10;1-2-11(12)14-9-8-13-10-6-4-3-5-7-10;1-3-9-5-7-10(4-2)8-6-9;1-3-9-6-5-7-10(4-2)8-9/h2-14H,1,15H2;4H,2-3,5-14H2,1H3;10-12H,1,3-8H2,2H3;2-9H,1H2;2-7H,1,8-9H2;2*3-8H,1-2H2. The van der Waals surface area contributed by atoms with Crippen LogP contribution < -0.4 is 4.74 Å². The Labute approximate surface area is 603 Å². The van der Waals surface area contributed by atoms with Gasteiger partial charge in [-0.2, -0.15) is 0 Å². The minimum atomic E-state index is -0.429. The molecule has 0 atom stereocenters. The summed E-state index contributed by atoms with van der Waals surface area (Å²) in [7, 11) is 0. The first-order valence-corrected chi connectivity index (χ1v) is 35.8. The second-order valence-corrected chi connectivity index (χ2v) is 25.9. The Morgan fingerprint density at radius 3 is 1.33 bits per heavy atom. The number of ether oxygens (including phenoxy) is 4. The van der Waals surface area contributed by atoms with E-state index in [2.05, 4.69) is 186 Å². The minimum absolute atomic E-state index is 0.106. The summed E-state index contributed by atoms with van der Waals surface area (Å²) in [5.74, 6) is 2.32. The molecule has 1 aromatic heterocycles. The third-order valence-corrected chi connectivity index (χ3v) is 18.1. The van der Waals surface area contributed by atoms with Gasteiger partial charge in [-0.05, 0) is 156 Å². The Bertz CT molecular complexity index is 3950. The number of unbranched alkanes of at least 4 members (excludes halogenated alkanes) is 9. The molecule has 4 saturated carbocycles. The first-order chi connectivity index (χ1) is 49.2. The van der Waals surface area contributed by atoms with Gasteiger partial charge in [-0.15, -0.1) is 0 Å². The molecule has 0 unspecified atom stereocenters. The van der Waals surface area contributed by atoms with Crippen molar-refractivity contribution in [2.45, 2.75) is 129 Å². The van der Waals surface area contributed by atoms with Crippen molar-refractivity contribution in [3.63, 3.8) is 0 Å². The van der Waals surface area contributed by atoms with Crippen LogP contribution in [0.4, 0.5) is 0 Å². The van der Waals surface area contributed by atoms with Crippen molar-refractivity contribution in [3.8, 4) is 5.75 Å². The number of rotatable bonds is 27. The summed E-state index contributed by atoms with van der Waals surface area (Å²) in [6, 6.07) is 66.0. The molecule has 4 bridgehead atoms. The summed E-state index contributed by atoms with van der Waals surface area (Å²) in [6.45, 7) is 38.5. The van der Waals surface area contributed by atoms with Crippen molar-refractivity contribution in [2.75, 3.05) is 19.8 Å². The number of fused-ring (bicyclic) bond motifs is 4. The number of carbonyl (C=O) groups is 3. The van der Waals surface area contributed by atoms with Crippen molar-refractivity contribution in [2.24, 2.45) is 17.8 Å². The Balaban J connectivity index is 0.000000189.